The van der Waals surface area contributed by atoms with Crippen LogP contribution in [0.3, 0.4) is 0 Å². The lowest BCUT2D eigenvalue weighted by atomic mass is 10.1. The summed E-state index contributed by atoms with van der Waals surface area (Å²) >= 11 is 6.16. The molecule has 0 aliphatic rings. The van der Waals surface area contributed by atoms with Crippen LogP contribution in [0.25, 0.3) is 21.8 Å². The number of nitrogens with one attached hydrogen (secondary N) is 2. The predicted octanol–water partition coefficient (Wildman–Crippen LogP) is 6.66. The number of aromatic nitrogens is 1. The van der Waals surface area contributed by atoms with Gasteiger partial charge in [-0.15, -0.1) is 0 Å². The quantitative estimate of drug-likeness (QED) is 0.222. The molecule has 0 unspecified atom stereocenters. The maximum atomic E-state index is 13.1. The van der Waals surface area contributed by atoms with Crippen molar-refractivity contribution in [3.05, 3.63) is 76.8 Å². The molecule has 0 aliphatic heterocycles. The fourth-order valence-electron chi connectivity index (χ4n) is 3.81. The first kappa shape index (κ1) is 23.1. The molecule has 0 saturated carbocycles. The van der Waals surface area contributed by atoms with Crippen LogP contribution in [0.2, 0.25) is 5.02 Å². The average molecular weight is 474 g/mol. The van der Waals surface area contributed by atoms with Gasteiger partial charge < -0.3 is 15.4 Å². The minimum absolute atomic E-state index is 0.159. The number of fused-ring (bicyclic) bond motifs is 2. The van der Waals surface area contributed by atoms with Gasteiger partial charge >= 0.3 is 6.18 Å². The van der Waals surface area contributed by atoms with Crippen molar-refractivity contribution in [2.24, 2.45) is 0 Å². The zero-order chi connectivity index (χ0) is 23.4. The summed E-state index contributed by atoms with van der Waals surface area (Å²) in [6.45, 7) is 1.35. The minimum Gasteiger partial charge on any atom is -0.497 e. The van der Waals surface area contributed by atoms with Crippen molar-refractivity contribution in [1.29, 1.82) is 0 Å². The van der Waals surface area contributed by atoms with Gasteiger partial charge in [0.05, 0.1) is 29.4 Å². The van der Waals surface area contributed by atoms with Crippen LogP contribution in [0.4, 0.5) is 18.9 Å². The Morgan fingerprint density at radius 1 is 0.939 bits per heavy atom. The number of hydrogen-bond acceptors (Lipinski definition) is 4. The van der Waals surface area contributed by atoms with Gasteiger partial charge in [-0.05, 0) is 61.0 Å². The molecule has 1 heterocycles. The van der Waals surface area contributed by atoms with Gasteiger partial charge in [0.1, 0.15) is 5.75 Å². The molecule has 4 aromatic rings. The molecule has 0 radical (unpaired) electrons. The van der Waals surface area contributed by atoms with Crippen LogP contribution < -0.4 is 15.4 Å². The Bertz CT molecular complexity index is 1280. The van der Waals surface area contributed by atoms with Crippen molar-refractivity contribution < 1.29 is 17.9 Å². The van der Waals surface area contributed by atoms with Gasteiger partial charge in [-0.3, -0.25) is 0 Å². The minimum atomic E-state index is -4.35. The number of anilines is 1. The molecule has 2 N–H and O–H groups in total. The number of nitrogens with zero attached hydrogens (tertiary/aromatic N) is 1. The lowest BCUT2D eigenvalue weighted by Gasteiger charge is -2.15. The van der Waals surface area contributed by atoms with Crippen molar-refractivity contribution >= 4 is 39.1 Å². The zero-order valence-electron chi connectivity index (χ0n) is 18.0. The van der Waals surface area contributed by atoms with Crippen LogP contribution in [0, 0.1) is 0 Å². The molecule has 0 bridgehead atoms. The van der Waals surface area contributed by atoms with Crippen molar-refractivity contribution in [2.75, 3.05) is 25.5 Å². The third-order valence-electron chi connectivity index (χ3n) is 5.41. The maximum Gasteiger partial charge on any atom is 0.416 e. The van der Waals surface area contributed by atoms with E-state index in [9.17, 15) is 13.2 Å². The Morgan fingerprint density at radius 2 is 1.76 bits per heavy atom. The molecular formula is C25H23ClF3N3O. The second-order valence-corrected chi connectivity index (χ2v) is 8.08. The normalized spacial score (nSPS) is 11.8. The number of alkyl halides is 3. The summed E-state index contributed by atoms with van der Waals surface area (Å²) in [6.07, 6.45) is -3.63. The lowest BCUT2D eigenvalue weighted by molar-refractivity contribution is -0.138. The summed E-state index contributed by atoms with van der Waals surface area (Å²) in [7, 11) is 1.62. The van der Waals surface area contributed by atoms with Crippen molar-refractivity contribution in [2.45, 2.75) is 19.1 Å². The van der Waals surface area contributed by atoms with E-state index in [0.29, 0.717) is 18.1 Å². The molecule has 4 rings (SSSR count). The highest BCUT2D eigenvalue weighted by Crippen LogP contribution is 2.34. The number of benzene rings is 3. The second kappa shape index (κ2) is 9.85. The second-order valence-electron chi connectivity index (χ2n) is 7.64. The van der Waals surface area contributed by atoms with Gasteiger partial charge in [-0.1, -0.05) is 29.8 Å². The number of methoxy groups -OCH3 is 1. The summed E-state index contributed by atoms with van der Waals surface area (Å²) in [6, 6.07) is 16.9. The van der Waals surface area contributed by atoms with Crippen molar-refractivity contribution in [3.8, 4) is 5.75 Å². The average Bonchev–Trinajstić information content (AvgIpc) is 2.79. The largest absolute Gasteiger partial charge is 0.497 e. The van der Waals surface area contributed by atoms with Gasteiger partial charge in [0.15, 0.2) is 0 Å². The van der Waals surface area contributed by atoms with Crippen LogP contribution in [-0.4, -0.2) is 25.2 Å². The Balaban J connectivity index is 1.45. The first-order chi connectivity index (χ1) is 15.9. The third kappa shape index (κ3) is 5.31. The highest BCUT2D eigenvalue weighted by atomic mass is 35.5. The Labute approximate surface area is 194 Å². The van der Waals surface area contributed by atoms with Gasteiger partial charge in [0.2, 0.25) is 0 Å². The van der Waals surface area contributed by atoms with Crippen LogP contribution in [0.1, 0.15) is 17.5 Å². The van der Waals surface area contributed by atoms with E-state index >= 15 is 0 Å². The van der Waals surface area contributed by atoms with E-state index in [1.54, 1.807) is 13.2 Å². The third-order valence-corrected chi connectivity index (χ3v) is 5.65. The summed E-state index contributed by atoms with van der Waals surface area (Å²) < 4.78 is 44.8. The number of ether oxygens (including phenoxy) is 1. The van der Waals surface area contributed by atoms with Crippen LogP contribution in [0.5, 0.6) is 5.75 Å². The van der Waals surface area contributed by atoms with Gasteiger partial charge in [0, 0.05) is 28.9 Å². The molecule has 1 aromatic heterocycles. The Kier molecular flexibility index (Phi) is 6.91. The number of halogens is 4. The maximum absolute atomic E-state index is 13.1. The molecule has 4 nitrogen and oxygen atoms in total. The van der Waals surface area contributed by atoms with E-state index in [2.05, 4.69) is 10.6 Å². The number of hydrogen-bond donors (Lipinski definition) is 2. The number of rotatable bonds is 8. The van der Waals surface area contributed by atoms with Gasteiger partial charge in [-0.2, -0.15) is 13.2 Å². The van der Waals surface area contributed by atoms with Gasteiger partial charge in [0.25, 0.3) is 0 Å². The molecule has 8 heteroatoms. The summed E-state index contributed by atoms with van der Waals surface area (Å²) in [5.41, 5.74) is 2.17. The Hall–Kier alpha value is -3.03. The highest BCUT2D eigenvalue weighted by molar-refractivity contribution is 6.31. The number of pyridine rings is 1. The molecule has 0 fully saturated rings. The lowest BCUT2D eigenvalue weighted by Crippen LogP contribution is -2.20. The summed E-state index contributed by atoms with van der Waals surface area (Å²) in [4.78, 5) is 4.71. The molecular weight excluding hydrogens is 451 g/mol. The van der Waals surface area contributed by atoms with Crippen molar-refractivity contribution in [1.82, 2.24) is 10.3 Å². The smallest absolute Gasteiger partial charge is 0.416 e. The first-order valence-corrected chi connectivity index (χ1v) is 10.9. The SMILES string of the molecule is COc1ccc2nc3cc(Cl)ccc3c(NCCCNCc3ccccc3C(F)(F)F)c2c1. The highest BCUT2D eigenvalue weighted by Gasteiger charge is 2.32. The van der Waals surface area contributed by atoms with Crippen LogP contribution in [-0.2, 0) is 12.7 Å². The van der Waals surface area contributed by atoms with Gasteiger partial charge in [-0.25, -0.2) is 4.98 Å². The summed E-state index contributed by atoms with van der Waals surface area (Å²) in [5, 5.41) is 9.06. The first-order valence-electron chi connectivity index (χ1n) is 10.5. The van der Waals surface area contributed by atoms with Crippen LogP contribution in [0.15, 0.2) is 60.7 Å². The standard InChI is InChI=1S/C25H23ClF3N3O/c1-33-18-8-10-22-20(14-18)24(19-9-7-17(26)13-23(19)32-22)31-12-4-11-30-15-16-5-2-3-6-21(16)25(27,28)29/h2-3,5-10,13-14,30H,4,11-12,15H2,1H3,(H,31,32). The summed E-state index contributed by atoms with van der Waals surface area (Å²) in [5.74, 6) is 0.727. The van der Waals surface area contributed by atoms with E-state index < -0.39 is 11.7 Å². The van der Waals surface area contributed by atoms with E-state index in [0.717, 1.165) is 45.7 Å². The molecule has 0 saturated heterocycles. The fraction of sp³-hybridized carbons (Fsp3) is 0.240. The molecule has 0 amide bonds. The molecule has 172 valence electrons. The van der Waals surface area contributed by atoms with E-state index in [4.69, 9.17) is 21.3 Å². The topological polar surface area (TPSA) is 46.2 Å². The van der Waals surface area contributed by atoms with Crippen LogP contribution >= 0.6 is 11.6 Å². The van der Waals surface area contributed by atoms with E-state index in [1.165, 1.54) is 12.1 Å². The monoisotopic (exact) mass is 473 g/mol. The van der Waals surface area contributed by atoms with Crippen molar-refractivity contribution in [3.63, 3.8) is 0 Å². The molecule has 0 spiro atoms. The van der Waals surface area contributed by atoms with E-state index in [1.807, 2.05) is 36.4 Å². The molecule has 0 aliphatic carbocycles. The zero-order valence-corrected chi connectivity index (χ0v) is 18.7. The predicted molar refractivity (Wildman–Crippen MR) is 127 cm³/mol. The fourth-order valence-corrected chi connectivity index (χ4v) is 3.98. The molecule has 0 atom stereocenters. The molecule has 33 heavy (non-hydrogen) atoms. The Morgan fingerprint density at radius 3 is 2.55 bits per heavy atom. The molecule has 3 aromatic carbocycles. The van der Waals surface area contributed by atoms with E-state index in [-0.39, 0.29) is 12.1 Å².